The molecule has 1 aromatic carbocycles. The van der Waals surface area contributed by atoms with Crippen molar-refractivity contribution in [1.29, 1.82) is 0 Å². The van der Waals surface area contributed by atoms with Gasteiger partial charge in [0.2, 0.25) is 0 Å². The molecule has 0 unspecified atom stereocenters. The molecule has 1 atom stereocenters. The van der Waals surface area contributed by atoms with Crippen molar-refractivity contribution in [2.45, 2.75) is 18.9 Å². The van der Waals surface area contributed by atoms with Crippen LogP contribution in [0.1, 0.15) is 23.7 Å². The van der Waals surface area contributed by atoms with Gasteiger partial charge in [-0.1, -0.05) is 0 Å². The summed E-state index contributed by atoms with van der Waals surface area (Å²) in [6.45, 7) is 1.01. The lowest BCUT2D eigenvalue weighted by molar-refractivity contribution is -0.125. The lowest BCUT2D eigenvalue weighted by Gasteiger charge is -2.23. The van der Waals surface area contributed by atoms with E-state index in [0.29, 0.717) is 6.42 Å². The Balaban J connectivity index is 1.90. The zero-order valence-corrected chi connectivity index (χ0v) is 13.2. The first-order chi connectivity index (χ1) is 10.6. The summed E-state index contributed by atoms with van der Waals surface area (Å²) in [6, 6.07) is 3.33. The van der Waals surface area contributed by atoms with Crippen LogP contribution in [-0.4, -0.2) is 54.2 Å². The minimum atomic E-state index is -3.16. The zero-order valence-electron chi connectivity index (χ0n) is 12.4. The molecule has 0 radical (unpaired) electrons. The Hall–Kier alpha value is -2.29. The number of aromatic hydroxyl groups is 2. The molecule has 0 aromatic heterocycles. The van der Waals surface area contributed by atoms with E-state index in [9.17, 15) is 23.1 Å². The summed E-state index contributed by atoms with van der Waals surface area (Å²) in [5.41, 5.74) is -1.06. The van der Waals surface area contributed by atoms with Crippen LogP contribution in [-0.2, 0) is 19.4 Å². The Morgan fingerprint density at radius 2 is 2.04 bits per heavy atom. The van der Waals surface area contributed by atoms with Gasteiger partial charge in [0.05, 0.1) is 17.0 Å². The number of ether oxygens (including phenoxy) is 1. The molecule has 1 amide bonds. The molecule has 1 fully saturated rings. The van der Waals surface area contributed by atoms with Crippen LogP contribution in [0.3, 0.4) is 0 Å². The second-order valence-corrected chi connectivity index (χ2v) is 7.91. The van der Waals surface area contributed by atoms with Crippen molar-refractivity contribution in [3.8, 4) is 11.5 Å². The highest BCUT2D eigenvalue weighted by atomic mass is 32.2. The van der Waals surface area contributed by atoms with E-state index in [1.54, 1.807) is 6.92 Å². The molecule has 0 saturated carbocycles. The summed E-state index contributed by atoms with van der Waals surface area (Å²) >= 11 is 0. The first-order valence-corrected chi connectivity index (χ1v) is 8.63. The number of phenolic OH excluding ortho intramolecular Hbond substituents is 2. The van der Waals surface area contributed by atoms with Crippen LogP contribution in [0.5, 0.6) is 11.5 Å². The standard InChI is InChI=1S/C14H17NO7S/c1-14(4-5-23(20,21)8-14)15-12(18)7-22-13(19)10-3-2-9(16)6-11(10)17/h2-3,6,16-17H,4-5,7-8H2,1H3,(H,15,18)/t14-/m0/s1. The molecule has 23 heavy (non-hydrogen) atoms. The van der Waals surface area contributed by atoms with Gasteiger partial charge in [0.15, 0.2) is 16.4 Å². The molecular weight excluding hydrogens is 326 g/mol. The van der Waals surface area contributed by atoms with E-state index in [-0.39, 0.29) is 22.8 Å². The lowest BCUT2D eigenvalue weighted by atomic mass is 10.0. The molecule has 9 heteroatoms. The lowest BCUT2D eigenvalue weighted by Crippen LogP contribution is -2.48. The van der Waals surface area contributed by atoms with Gasteiger partial charge in [0.25, 0.3) is 5.91 Å². The first-order valence-electron chi connectivity index (χ1n) is 6.81. The number of benzene rings is 1. The number of amides is 1. The van der Waals surface area contributed by atoms with E-state index < -0.39 is 39.6 Å². The van der Waals surface area contributed by atoms with Crippen molar-refractivity contribution < 1.29 is 33.0 Å². The number of carbonyl (C=O) groups excluding carboxylic acids is 2. The second-order valence-electron chi connectivity index (χ2n) is 5.73. The summed E-state index contributed by atoms with van der Waals surface area (Å²) in [5.74, 6) is -2.39. The van der Waals surface area contributed by atoms with Gasteiger partial charge in [0.1, 0.15) is 17.1 Å². The van der Waals surface area contributed by atoms with Gasteiger partial charge in [-0.2, -0.15) is 0 Å². The number of carbonyl (C=O) groups is 2. The van der Waals surface area contributed by atoms with E-state index in [0.717, 1.165) is 12.1 Å². The fourth-order valence-electron chi connectivity index (χ4n) is 2.38. The van der Waals surface area contributed by atoms with Crippen molar-refractivity contribution in [3.63, 3.8) is 0 Å². The number of rotatable bonds is 4. The highest BCUT2D eigenvalue weighted by Crippen LogP contribution is 2.24. The largest absolute Gasteiger partial charge is 0.508 e. The summed E-state index contributed by atoms with van der Waals surface area (Å²) in [5, 5.41) is 21.2. The summed E-state index contributed by atoms with van der Waals surface area (Å²) in [6.07, 6.45) is 0.299. The summed E-state index contributed by atoms with van der Waals surface area (Å²) < 4.78 is 27.7. The Morgan fingerprint density at radius 3 is 2.61 bits per heavy atom. The van der Waals surface area contributed by atoms with Gasteiger partial charge < -0.3 is 20.3 Å². The van der Waals surface area contributed by atoms with Crippen LogP contribution in [0, 0.1) is 0 Å². The topological polar surface area (TPSA) is 130 Å². The minimum absolute atomic E-state index is 0.00491. The molecule has 2 rings (SSSR count). The summed E-state index contributed by atoms with van der Waals surface area (Å²) in [4.78, 5) is 23.6. The quantitative estimate of drug-likeness (QED) is 0.653. The third-order valence-electron chi connectivity index (χ3n) is 3.48. The van der Waals surface area contributed by atoms with Crippen molar-refractivity contribution in [2.75, 3.05) is 18.1 Å². The van der Waals surface area contributed by atoms with Gasteiger partial charge in [-0.3, -0.25) is 4.79 Å². The fraction of sp³-hybridized carbons (Fsp3) is 0.429. The second kappa shape index (κ2) is 6.07. The van der Waals surface area contributed by atoms with E-state index in [4.69, 9.17) is 9.84 Å². The van der Waals surface area contributed by atoms with Crippen molar-refractivity contribution in [2.24, 2.45) is 0 Å². The molecule has 1 heterocycles. The average Bonchev–Trinajstić information content (AvgIpc) is 2.69. The highest BCUT2D eigenvalue weighted by molar-refractivity contribution is 7.91. The third-order valence-corrected chi connectivity index (χ3v) is 5.38. The SMILES string of the molecule is C[C@]1(NC(=O)COC(=O)c2ccc(O)cc2O)CCS(=O)(=O)C1. The predicted octanol–water partition coefficient (Wildman–Crippen LogP) is -0.0520. The molecule has 1 aromatic rings. The monoisotopic (exact) mass is 343 g/mol. The molecule has 1 saturated heterocycles. The first kappa shape index (κ1) is 17.1. The maximum atomic E-state index is 11.8. The average molecular weight is 343 g/mol. The van der Waals surface area contributed by atoms with Gasteiger partial charge >= 0.3 is 5.97 Å². The Kier molecular flexibility index (Phi) is 4.51. The normalized spacial score (nSPS) is 22.5. The highest BCUT2D eigenvalue weighted by Gasteiger charge is 2.39. The fourth-order valence-corrected chi connectivity index (χ4v) is 4.48. The molecule has 0 bridgehead atoms. The van der Waals surface area contributed by atoms with Crippen molar-refractivity contribution in [3.05, 3.63) is 23.8 Å². The molecule has 0 aliphatic carbocycles. The maximum Gasteiger partial charge on any atom is 0.342 e. The Bertz CT molecular complexity index is 743. The van der Waals surface area contributed by atoms with E-state index in [1.165, 1.54) is 6.07 Å². The Morgan fingerprint density at radius 1 is 1.35 bits per heavy atom. The van der Waals surface area contributed by atoms with Crippen LogP contribution in [0.2, 0.25) is 0 Å². The number of hydrogen-bond acceptors (Lipinski definition) is 7. The van der Waals surface area contributed by atoms with E-state index in [1.807, 2.05) is 0 Å². The number of esters is 1. The molecule has 126 valence electrons. The van der Waals surface area contributed by atoms with Crippen LogP contribution >= 0.6 is 0 Å². The molecule has 8 nitrogen and oxygen atoms in total. The van der Waals surface area contributed by atoms with Crippen LogP contribution in [0.15, 0.2) is 18.2 Å². The predicted molar refractivity (Wildman–Crippen MR) is 79.9 cm³/mol. The third kappa shape index (κ3) is 4.35. The summed E-state index contributed by atoms with van der Waals surface area (Å²) in [7, 11) is -3.16. The number of phenols is 2. The van der Waals surface area contributed by atoms with Crippen molar-refractivity contribution in [1.82, 2.24) is 5.32 Å². The van der Waals surface area contributed by atoms with Gasteiger partial charge in [-0.15, -0.1) is 0 Å². The van der Waals surface area contributed by atoms with Gasteiger partial charge in [-0.25, -0.2) is 13.2 Å². The van der Waals surface area contributed by atoms with Gasteiger partial charge in [-0.05, 0) is 25.5 Å². The number of sulfone groups is 1. The van der Waals surface area contributed by atoms with E-state index >= 15 is 0 Å². The molecule has 0 spiro atoms. The number of hydrogen-bond donors (Lipinski definition) is 3. The van der Waals surface area contributed by atoms with Gasteiger partial charge in [0, 0.05) is 6.07 Å². The zero-order chi connectivity index (χ0) is 17.3. The minimum Gasteiger partial charge on any atom is -0.508 e. The number of nitrogens with one attached hydrogen (secondary N) is 1. The molecular formula is C14H17NO7S. The van der Waals surface area contributed by atoms with E-state index in [2.05, 4.69) is 5.32 Å². The molecule has 1 aliphatic heterocycles. The van der Waals surface area contributed by atoms with Crippen molar-refractivity contribution >= 4 is 21.7 Å². The smallest absolute Gasteiger partial charge is 0.342 e. The Labute approximate surface area is 133 Å². The van der Waals surface area contributed by atoms with Crippen LogP contribution in [0.4, 0.5) is 0 Å². The molecule has 3 N–H and O–H groups in total. The van der Waals surface area contributed by atoms with Crippen LogP contribution in [0.25, 0.3) is 0 Å². The maximum absolute atomic E-state index is 11.8. The molecule has 1 aliphatic rings. The van der Waals surface area contributed by atoms with Crippen LogP contribution < -0.4 is 5.32 Å².